The number of halogens is 1. The van der Waals surface area contributed by atoms with Gasteiger partial charge in [-0.05, 0) is 12.1 Å². The Hall–Kier alpha value is -1.70. The first-order valence-corrected chi connectivity index (χ1v) is 4.44. The molecule has 0 unspecified atom stereocenters. The molecule has 0 saturated carbocycles. The van der Waals surface area contributed by atoms with Crippen molar-refractivity contribution in [2.75, 3.05) is 6.61 Å². The van der Waals surface area contributed by atoms with Crippen molar-refractivity contribution in [1.82, 2.24) is 5.43 Å². The summed E-state index contributed by atoms with van der Waals surface area (Å²) in [4.78, 5) is 11.2. The fraction of sp³-hybridized carbons (Fsp3) is 0.100. The number of hydrazine groups is 1. The van der Waals surface area contributed by atoms with E-state index in [2.05, 4.69) is 5.92 Å². The zero-order valence-corrected chi connectivity index (χ0v) is 8.54. The number of nitrogens with two attached hydrogens (primary N) is 1. The smallest absolute Gasteiger partial charge is 0.266 e. The number of terminal acetylenes is 1. The molecule has 0 aliphatic carbocycles. The number of carbonyl (C=O) groups is 1. The molecule has 0 radical (unpaired) electrons. The van der Waals surface area contributed by atoms with Crippen LogP contribution in [0.2, 0.25) is 5.02 Å². The fourth-order valence-electron chi connectivity index (χ4n) is 0.995. The van der Waals surface area contributed by atoms with E-state index in [1.807, 2.05) is 5.43 Å². The van der Waals surface area contributed by atoms with Gasteiger partial charge >= 0.3 is 0 Å². The Bertz CT molecular complexity index is 412. The van der Waals surface area contributed by atoms with Crippen LogP contribution in [-0.4, -0.2) is 12.5 Å². The van der Waals surface area contributed by atoms with E-state index in [9.17, 15) is 4.79 Å². The predicted octanol–water partition coefficient (Wildman–Crippen LogP) is 0.956. The average molecular weight is 225 g/mol. The monoisotopic (exact) mass is 224 g/mol. The van der Waals surface area contributed by atoms with E-state index in [0.717, 1.165) is 0 Å². The van der Waals surface area contributed by atoms with Gasteiger partial charge in [-0.3, -0.25) is 10.2 Å². The standard InChI is InChI=1S/C10H9ClN2O2/c1-2-6-15-8-5-3-4-7(9(8)11)10(14)13-12/h1,3-5H,6,12H2,(H,13,14). The van der Waals surface area contributed by atoms with E-state index in [-0.39, 0.29) is 17.2 Å². The molecule has 15 heavy (non-hydrogen) atoms. The van der Waals surface area contributed by atoms with Crippen molar-refractivity contribution in [3.8, 4) is 18.1 Å². The molecule has 4 nitrogen and oxygen atoms in total. The Balaban J connectivity index is 3.01. The molecule has 78 valence electrons. The van der Waals surface area contributed by atoms with Crippen LogP contribution in [-0.2, 0) is 0 Å². The number of carbonyl (C=O) groups excluding carboxylic acids is 1. The minimum atomic E-state index is -0.480. The Morgan fingerprint density at radius 3 is 3.00 bits per heavy atom. The second kappa shape index (κ2) is 5.25. The Labute approximate surface area is 92.3 Å². The minimum Gasteiger partial charge on any atom is -0.479 e. The van der Waals surface area contributed by atoms with Gasteiger partial charge in [-0.1, -0.05) is 23.6 Å². The molecule has 0 aromatic heterocycles. The molecular formula is C10H9ClN2O2. The van der Waals surface area contributed by atoms with Gasteiger partial charge in [-0.2, -0.15) is 0 Å². The number of ether oxygens (including phenoxy) is 1. The summed E-state index contributed by atoms with van der Waals surface area (Å²) < 4.78 is 5.13. The van der Waals surface area contributed by atoms with Gasteiger partial charge in [0.25, 0.3) is 5.91 Å². The Morgan fingerprint density at radius 2 is 2.40 bits per heavy atom. The predicted molar refractivity (Wildman–Crippen MR) is 57.4 cm³/mol. The molecule has 1 aromatic carbocycles. The van der Waals surface area contributed by atoms with Crippen LogP contribution in [0.25, 0.3) is 0 Å². The van der Waals surface area contributed by atoms with Crippen molar-refractivity contribution in [2.24, 2.45) is 5.84 Å². The maximum atomic E-state index is 11.2. The molecule has 0 spiro atoms. The summed E-state index contributed by atoms with van der Waals surface area (Å²) in [5.41, 5.74) is 2.23. The number of benzene rings is 1. The van der Waals surface area contributed by atoms with E-state index < -0.39 is 5.91 Å². The van der Waals surface area contributed by atoms with Gasteiger partial charge in [-0.25, -0.2) is 5.84 Å². The van der Waals surface area contributed by atoms with Crippen LogP contribution < -0.4 is 16.0 Å². The van der Waals surface area contributed by atoms with E-state index in [1.165, 1.54) is 6.07 Å². The molecule has 0 fully saturated rings. The van der Waals surface area contributed by atoms with Gasteiger partial charge in [0.05, 0.1) is 10.6 Å². The number of amides is 1. The maximum absolute atomic E-state index is 11.2. The van der Waals surface area contributed by atoms with Crippen LogP contribution in [0.3, 0.4) is 0 Å². The van der Waals surface area contributed by atoms with Gasteiger partial charge in [0, 0.05) is 0 Å². The number of rotatable bonds is 3. The van der Waals surface area contributed by atoms with E-state index in [1.54, 1.807) is 12.1 Å². The zero-order valence-electron chi connectivity index (χ0n) is 7.79. The van der Waals surface area contributed by atoms with Gasteiger partial charge in [-0.15, -0.1) is 6.42 Å². The minimum absolute atomic E-state index is 0.0907. The lowest BCUT2D eigenvalue weighted by molar-refractivity contribution is 0.0953. The van der Waals surface area contributed by atoms with Crippen LogP contribution in [0, 0.1) is 12.3 Å². The van der Waals surface area contributed by atoms with Gasteiger partial charge in [0.2, 0.25) is 0 Å². The quantitative estimate of drug-likeness (QED) is 0.348. The van der Waals surface area contributed by atoms with Crippen molar-refractivity contribution in [1.29, 1.82) is 0 Å². The number of hydrogen-bond acceptors (Lipinski definition) is 3. The van der Waals surface area contributed by atoms with Gasteiger partial charge < -0.3 is 4.74 Å². The van der Waals surface area contributed by atoms with Crippen LogP contribution in [0.15, 0.2) is 18.2 Å². The third kappa shape index (κ3) is 2.62. The Morgan fingerprint density at radius 1 is 1.67 bits per heavy atom. The average Bonchev–Trinajstić information content (AvgIpc) is 2.27. The molecule has 0 aliphatic heterocycles. The second-order valence-electron chi connectivity index (χ2n) is 2.58. The molecule has 1 rings (SSSR count). The van der Waals surface area contributed by atoms with Crippen molar-refractivity contribution in [3.63, 3.8) is 0 Å². The molecule has 1 aromatic rings. The fourth-order valence-corrected chi connectivity index (χ4v) is 1.26. The molecular weight excluding hydrogens is 216 g/mol. The third-order valence-corrected chi connectivity index (χ3v) is 2.04. The largest absolute Gasteiger partial charge is 0.479 e. The molecule has 0 heterocycles. The summed E-state index contributed by atoms with van der Waals surface area (Å²) in [6, 6.07) is 4.78. The topological polar surface area (TPSA) is 64.3 Å². The summed E-state index contributed by atoms with van der Waals surface area (Å²) in [6.45, 7) is 0.0907. The van der Waals surface area contributed by atoms with Gasteiger partial charge in [0.15, 0.2) is 0 Å². The summed E-state index contributed by atoms with van der Waals surface area (Å²) in [5, 5.41) is 0.190. The molecule has 0 saturated heterocycles. The van der Waals surface area contributed by atoms with Crippen LogP contribution >= 0.6 is 11.6 Å². The van der Waals surface area contributed by atoms with Crippen molar-refractivity contribution >= 4 is 17.5 Å². The molecule has 0 atom stereocenters. The SMILES string of the molecule is C#CCOc1cccc(C(=O)NN)c1Cl. The first-order valence-electron chi connectivity index (χ1n) is 4.06. The molecule has 0 bridgehead atoms. The number of nitrogen functional groups attached to an aromatic ring is 1. The molecule has 1 amide bonds. The van der Waals surface area contributed by atoms with Crippen molar-refractivity contribution in [3.05, 3.63) is 28.8 Å². The van der Waals surface area contributed by atoms with E-state index in [4.69, 9.17) is 28.6 Å². The first kappa shape index (κ1) is 11.4. The highest BCUT2D eigenvalue weighted by molar-refractivity contribution is 6.35. The number of hydrogen-bond donors (Lipinski definition) is 2. The van der Waals surface area contributed by atoms with Crippen LogP contribution in [0.5, 0.6) is 5.75 Å². The van der Waals surface area contributed by atoms with Crippen LogP contribution in [0.1, 0.15) is 10.4 Å². The van der Waals surface area contributed by atoms with Crippen molar-refractivity contribution in [2.45, 2.75) is 0 Å². The summed E-state index contributed by atoms with van der Waals surface area (Å²) in [6.07, 6.45) is 5.03. The number of nitrogens with one attached hydrogen (secondary N) is 1. The van der Waals surface area contributed by atoms with Gasteiger partial charge in [0.1, 0.15) is 12.4 Å². The second-order valence-corrected chi connectivity index (χ2v) is 2.96. The molecule has 5 heteroatoms. The highest BCUT2D eigenvalue weighted by atomic mass is 35.5. The van der Waals surface area contributed by atoms with Crippen molar-refractivity contribution < 1.29 is 9.53 Å². The highest BCUT2D eigenvalue weighted by Gasteiger charge is 2.12. The normalized spacial score (nSPS) is 9.13. The summed E-state index contributed by atoms with van der Waals surface area (Å²) in [5.74, 6) is 7.17. The van der Waals surface area contributed by atoms with Crippen LogP contribution in [0.4, 0.5) is 0 Å². The Kier molecular flexibility index (Phi) is 3.98. The summed E-state index contributed by atoms with van der Waals surface area (Å²) >= 11 is 5.91. The molecule has 3 N–H and O–H groups in total. The third-order valence-electron chi connectivity index (χ3n) is 1.65. The first-order chi connectivity index (χ1) is 7.20. The van der Waals surface area contributed by atoms with E-state index >= 15 is 0 Å². The maximum Gasteiger partial charge on any atom is 0.266 e. The molecule has 0 aliphatic rings. The lowest BCUT2D eigenvalue weighted by atomic mass is 10.2. The lowest BCUT2D eigenvalue weighted by Gasteiger charge is -2.08. The summed E-state index contributed by atoms with van der Waals surface area (Å²) in [7, 11) is 0. The van der Waals surface area contributed by atoms with E-state index in [0.29, 0.717) is 5.75 Å². The lowest BCUT2D eigenvalue weighted by Crippen LogP contribution is -2.30. The highest BCUT2D eigenvalue weighted by Crippen LogP contribution is 2.27. The zero-order chi connectivity index (χ0) is 11.3.